The number of ether oxygens (including phenoxy) is 2. The Bertz CT molecular complexity index is 902. The fourth-order valence-corrected chi connectivity index (χ4v) is 3.72. The number of nitrogens with one attached hydrogen (secondary N) is 2. The van der Waals surface area contributed by atoms with Gasteiger partial charge in [-0.1, -0.05) is 42.5 Å². The van der Waals surface area contributed by atoms with Crippen LogP contribution in [0.1, 0.15) is 29.5 Å². The van der Waals surface area contributed by atoms with Crippen LogP contribution in [0.5, 0.6) is 5.75 Å². The van der Waals surface area contributed by atoms with E-state index in [9.17, 15) is 4.79 Å². The number of rotatable bonds is 8. The Balaban J connectivity index is 0.00000385. The summed E-state index contributed by atoms with van der Waals surface area (Å²) >= 11 is 0. The van der Waals surface area contributed by atoms with E-state index in [1.165, 1.54) is 0 Å². The fourth-order valence-electron chi connectivity index (χ4n) is 3.72. The van der Waals surface area contributed by atoms with Gasteiger partial charge >= 0.3 is 0 Å². The highest BCUT2D eigenvalue weighted by molar-refractivity contribution is 14.0. The average Bonchev–Trinajstić information content (AvgIpc) is 2.84. The summed E-state index contributed by atoms with van der Waals surface area (Å²) in [5.41, 5.74) is 3.15. The molecule has 180 valence electrons. The molecule has 33 heavy (non-hydrogen) atoms. The highest BCUT2D eigenvalue weighted by atomic mass is 127. The lowest BCUT2D eigenvalue weighted by Crippen LogP contribution is -2.47. The number of aliphatic imine (C=N–C) groups is 1. The molecule has 1 unspecified atom stereocenters. The molecule has 8 heteroatoms. The van der Waals surface area contributed by atoms with Gasteiger partial charge in [0, 0.05) is 31.7 Å². The smallest absolute Gasteiger partial charge is 0.232 e. The number of hydrogen-bond donors (Lipinski definition) is 2. The van der Waals surface area contributed by atoms with Crippen LogP contribution in [0, 0.1) is 6.92 Å². The molecule has 1 heterocycles. The average molecular weight is 566 g/mol. The van der Waals surface area contributed by atoms with Crippen molar-refractivity contribution in [3.8, 4) is 5.75 Å². The third-order valence-corrected chi connectivity index (χ3v) is 5.49. The first-order chi connectivity index (χ1) is 15.6. The number of benzene rings is 2. The van der Waals surface area contributed by atoms with E-state index in [-0.39, 0.29) is 35.8 Å². The molecule has 2 aromatic rings. The van der Waals surface area contributed by atoms with Crippen LogP contribution in [-0.4, -0.2) is 63.3 Å². The summed E-state index contributed by atoms with van der Waals surface area (Å²) in [4.78, 5) is 19.9. The highest BCUT2D eigenvalue weighted by Gasteiger charge is 2.27. The minimum Gasteiger partial charge on any atom is -0.496 e. The van der Waals surface area contributed by atoms with Gasteiger partial charge in [0.2, 0.25) is 5.91 Å². The van der Waals surface area contributed by atoms with Crippen molar-refractivity contribution in [2.75, 3.05) is 46.5 Å². The van der Waals surface area contributed by atoms with Crippen molar-refractivity contribution in [2.45, 2.75) is 26.3 Å². The first-order valence-electron chi connectivity index (χ1n) is 11.2. The molecular formula is C25H35IN4O3. The topological polar surface area (TPSA) is 75.2 Å². The number of methoxy groups -OCH3 is 1. The molecule has 0 saturated carbocycles. The number of amides is 1. The van der Waals surface area contributed by atoms with Crippen LogP contribution in [0.4, 0.5) is 0 Å². The largest absolute Gasteiger partial charge is 0.496 e. The second kappa shape index (κ2) is 14.0. The first-order valence-corrected chi connectivity index (χ1v) is 11.2. The number of guanidine groups is 1. The van der Waals surface area contributed by atoms with Gasteiger partial charge in [-0.25, -0.2) is 4.99 Å². The maximum Gasteiger partial charge on any atom is 0.232 e. The molecule has 0 radical (unpaired) electrons. The number of carbonyl (C=O) groups is 1. The van der Waals surface area contributed by atoms with Gasteiger partial charge in [-0.05, 0) is 31.0 Å². The normalized spacial score (nSPS) is 14.8. The lowest BCUT2D eigenvalue weighted by atomic mass is 9.97. The minimum absolute atomic E-state index is 0. The summed E-state index contributed by atoms with van der Waals surface area (Å²) in [5.74, 6) is 1.32. The summed E-state index contributed by atoms with van der Waals surface area (Å²) in [6.45, 7) is 8.15. The molecule has 2 N–H and O–H groups in total. The molecule has 0 aliphatic carbocycles. The Kier molecular flexibility index (Phi) is 11.5. The van der Waals surface area contributed by atoms with E-state index in [1.54, 1.807) is 7.11 Å². The van der Waals surface area contributed by atoms with Crippen LogP contribution in [0.15, 0.2) is 53.5 Å². The summed E-state index contributed by atoms with van der Waals surface area (Å²) < 4.78 is 10.9. The Labute approximate surface area is 214 Å². The summed E-state index contributed by atoms with van der Waals surface area (Å²) in [6.07, 6.45) is 0. The molecular weight excluding hydrogens is 531 g/mol. The maximum absolute atomic E-state index is 13.3. The molecule has 1 fully saturated rings. The van der Waals surface area contributed by atoms with Crippen LogP contribution >= 0.6 is 24.0 Å². The van der Waals surface area contributed by atoms with Gasteiger partial charge < -0.3 is 25.0 Å². The third-order valence-electron chi connectivity index (χ3n) is 5.49. The monoisotopic (exact) mass is 566 g/mol. The van der Waals surface area contributed by atoms with Crippen molar-refractivity contribution < 1.29 is 14.3 Å². The Hall–Kier alpha value is -2.33. The number of aryl methyl sites for hydroxylation is 1. The zero-order valence-corrected chi connectivity index (χ0v) is 22.0. The zero-order chi connectivity index (χ0) is 22.8. The van der Waals surface area contributed by atoms with E-state index in [0.717, 1.165) is 29.0 Å². The second-order valence-electron chi connectivity index (χ2n) is 7.79. The van der Waals surface area contributed by atoms with E-state index in [0.29, 0.717) is 45.4 Å². The fraction of sp³-hybridized carbons (Fsp3) is 0.440. The summed E-state index contributed by atoms with van der Waals surface area (Å²) in [7, 11) is 1.67. The van der Waals surface area contributed by atoms with Crippen LogP contribution in [0.25, 0.3) is 0 Å². The van der Waals surface area contributed by atoms with Gasteiger partial charge in [0.05, 0.1) is 32.8 Å². The quantitative estimate of drug-likeness (QED) is 0.292. The Morgan fingerprint density at radius 2 is 1.88 bits per heavy atom. The van der Waals surface area contributed by atoms with E-state index in [1.807, 2.05) is 61.2 Å². The number of hydrogen-bond acceptors (Lipinski definition) is 4. The SMILES string of the molecule is CCNC(=NCc1ccc(C)cc1OC)NCC(C(=O)N1CCOCC1)c1ccccc1.I. The molecule has 0 spiro atoms. The van der Waals surface area contributed by atoms with E-state index in [4.69, 9.17) is 14.5 Å². The van der Waals surface area contributed by atoms with E-state index < -0.39 is 0 Å². The van der Waals surface area contributed by atoms with Gasteiger partial charge in [0.25, 0.3) is 0 Å². The van der Waals surface area contributed by atoms with Crippen LogP contribution in [-0.2, 0) is 16.1 Å². The first kappa shape index (κ1) is 26.9. The van der Waals surface area contributed by atoms with Gasteiger partial charge in [0.1, 0.15) is 5.75 Å². The van der Waals surface area contributed by atoms with Crippen molar-refractivity contribution >= 4 is 35.8 Å². The molecule has 2 aromatic carbocycles. The van der Waals surface area contributed by atoms with Crippen molar-refractivity contribution in [3.05, 3.63) is 65.2 Å². The van der Waals surface area contributed by atoms with Crippen LogP contribution in [0.3, 0.4) is 0 Å². The number of halogens is 1. The van der Waals surface area contributed by atoms with Crippen LogP contribution in [0.2, 0.25) is 0 Å². The summed E-state index contributed by atoms with van der Waals surface area (Å²) in [6, 6.07) is 16.0. The molecule has 3 rings (SSSR count). The number of nitrogens with zero attached hydrogens (tertiary/aromatic N) is 2. The molecule has 1 amide bonds. The number of morpholine rings is 1. The number of carbonyl (C=O) groups excluding carboxylic acids is 1. The van der Waals surface area contributed by atoms with Crippen molar-refractivity contribution in [1.82, 2.24) is 15.5 Å². The summed E-state index contributed by atoms with van der Waals surface area (Å²) in [5, 5.41) is 6.66. The minimum atomic E-state index is -0.299. The van der Waals surface area contributed by atoms with Crippen molar-refractivity contribution in [2.24, 2.45) is 4.99 Å². The highest BCUT2D eigenvalue weighted by Crippen LogP contribution is 2.21. The predicted molar refractivity (Wildman–Crippen MR) is 143 cm³/mol. The molecule has 0 aromatic heterocycles. The van der Waals surface area contributed by atoms with E-state index in [2.05, 4.69) is 16.7 Å². The van der Waals surface area contributed by atoms with Gasteiger partial charge in [-0.2, -0.15) is 0 Å². The standard InChI is InChI=1S/C25H34N4O3.HI/c1-4-26-25(27-17-21-11-10-19(2)16-23(21)31-3)28-18-22(20-8-6-5-7-9-20)24(30)29-12-14-32-15-13-29;/h5-11,16,22H,4,12-15,17-18H2,1-3H3,(H2,26,27,28);1H. The Morgan fingerprint density at radius 3 is 2.55 bits per heavy atom. The lowest BCUT2D eigenvalue weighted by Gasteiger charge is -2.31. The van der Waals surface area contributed by atoms with Crippen LogP contribution < -0.4 is 15.4 Å². The molecule has 1 atom stereocenters. The molecule has 7 nitrogen and oxygen atoms in total. The molecule has 1 saturated heterocycles. The van der Waals surface area contributed by atoms with E-state index >= 15 is 0 Å². The maximum atomic E-state index is 13.3. The van der Waals surface area contributed by atoms with Crippen molar-refractivity contribution in [1.29, 1.82) is 0 Å². The molecule has 0 bridgehead atoms. The lowest BCUT2D eigenvalue weighted by molar-refractivity contribution is -0.136. The zero-order valence-electron chi connectivity index (χ0n) is 19.7. The Morgan fingerprint density at radius 1 is 1.15 bits per heavy atom. The van der Waals surface area contributed by atoms with Gasteiger partial charge in [-0.15, -0.1) is 24.0 Å². The predicted octanol–water partition coefficient (Wildman–Crippen LogP) is 3.32. The second-order valence-corrected chi connectivity index (χ2v) is 7.79. The van der Waals surface area contributed by atoms with Gasteiger partial charge in [0.15, 0.2) is 5.96 Å². The van der Waals surface area contributed by atoms with Crippen molar-refractivity contribution in [3.63, 3.8) is 0 Å². The third kappa shape index (κ3) is 7.89. The molecule has 1 aliphatic rings. The molecule has 1 aliphatic heterocycles. The van der Waals surface area contributed by atoms with Gasteiger partial charge in [-0.3, -0.25) is 4.79 Å².